The maximum atomic E-state index is 12.9. The molecule has 0 aromatic heterocycles. The molecule has 130 valence electrons. The summed E-state index contributed by atoms with van der Waals surface area (Å²) in [5.74, 6) is 0.815. The third kappa shape index (κ3) is 4.11. The smallest absolute Gasteiger partial charge is 0.244 e. The quantitative estimate of drug-likeness (QED) is 0.628. The predicted molar refractivity (Wildman–Crippen MR) is 100 cm³/mol. The van der Waals surface area contributed by atoms with Gasteiger partial charge in [0.1, 0.15) is 4.90 Å². The molecule has 2 rings (SSSR count). The number of sulfonamides is 1. The molecule has 0 radical (unpaired) electrons. The number of benzene rings is 2. The molecule has 0 spiro atoms. The Bertz CT molecular complexity index is 823. The first-order chi connectivity index (χ1) is 11.3. The molecule has 0 aliphatic heterocycles. The van der Waals surface area contributed by atoms with E-state index in [0.717, 1.165) is 10.0 Å². The summed E-state index contributed by atoms with van der Waals surface area (Å²) in [5, 5.41) is 0. The summed E-state index contributed by atoms with van der Waals surface area (Å²) in [4.78, 5) is 0.125. The van der Waals surface area contributed by atoms with E-state index in [2.05, 4.69) is 31.9 Å². The van der Waals surface area contributed by atoms with Gasteiger partial charge in [-0.2, -0.15) is 4.31 Å². The van der Waals surface area contributed by atoms with E-state index in [1.165, 1.54) is 24.6 Å². The Morgan fingerprint density at radius 2 is 1.54 bits per heavy atom. The van der Waals surface area contributed by atoms with Crippen molar-refractivity contribution in [1.29, 1.82) is 0 Å². The number of ether oxygens (including phenoxy) is 2. The zero-order valence-corrected chi connectivity index (χ0v) is 17.4. The van der Waals surface area contributed by atoms with Crippen molar-refractivity contribution in [3.05, 3.63) is 50.9 Å². The van der Waals surface area contributed by atoms with Crippen LogP contribution >= 0.6 is 31.9 Å². The molecule has 0 aliphatic rings. The Labute approximate surface area is 158 Å². The molecule has 0 N–H and O–H groups in total. The summed E-state index contributed by atoms with van der Waals surface area (Å²) in [5.41, 5.74) is 0.890. The van der Waals surface area contributed by atoms with Crippen LogP contribution in [-0.2, 0) is 16.6 Å². The summed E-state index contributed by atoms with van der Waals surface area (Å²) in [7, 11) is 0.810. The van der Waals surface area contributed by atoms with E-state index in [9.17, 15) is 8.42 Å². The molecule has 2 aromatic rings. The fraction of sp³-hybridized carbons (Fsp3) is 0.250. The normalized spacial score (nSPS) is 11.6. The molecule has 24 heavy (non-hydrogen) atoms. The standard InChI is InChI=1S/C16H17Br2NO4S/c1-19(10-11-4-6-12(17)7-5-11)24(20,21)16-9-15(23-3)14(22-2)8-13(16)18/h4-9H,10H2,1-3H3. The second-order valence-corrected chi connectivity index (χ2v) is 8.81. The van der Waals surface area contributed by atoms with Crippen LogP contribution in [0.25, 0.3) is 0 Å². The number of nitrogens with zero attached hydrogens (tertiary/aromatic N) is 1. The van der Waals surface area contributed by atoms with Gasteiger partial charge >= 0.3 is 0 Å². The van der Waals surface area contributed by atoms with Crippen molar-refractivity contribution in [3.8, 4) is 11.5 Å². The number of methoxy groups -OCH3 is 2. The summed E-state index contributed by atoms with van der Waals surface area (Å²) in [6.07, 6.45) is 0. The zero-order valence-electron chi connectivity index (χ0n) is 13.4. The van der Waals surface area contributed by atoms with Gasteiger partial charge < -0.3 is 9.47 Å². The lowest BCUT2D eigenvalue weighted by molar-refractivity contribution is 0.353. The average molecular weight is 479 g/mol. The highest BCUT2D eigenvalue weighted by atomic mass is 79.9. The minimum Gasteiger partial charge on any atom is -0.493 e. The lowest BCUT2D eigenvalue weighted by Crippen LogP contribution is -2.26. The maximum Gasteiger partial charge on any atom is 0.244 e. The third-order valence-corrected chi connectivity index (χ3v) is 6.74. The van der Waals surface area contributed by atoms with Gasteiger partial charge in [-0.25, -0.2) is 8.42 Å². The van der Waals surface area contributed by atoms with Gasteiger partial charge in [0.15, 0.2) is 11.5 Å². The number of halogens is 2. The summed E-state index contributed by atoms with van der Waals surface area (Å²) in [6, 6.07) is 10.5. The second-order valence-electron chi connectivity index (χ2n) is 5.03. The van der Waals surface area contributed by atoms with E-state index < -0.39 is 10.0 Å². The Morgan fingerprint density at radius 1 is 1.00 bits per heavy atom. The minimum absolute atomic E-state index is 0.125. The SMILES string of the molecule is COc1cc(Br)c(S(=O)(=O)N(C)Cc2ccc(Br)cc2)cc1OC. The lowest BCUT2D eigenvalue weighted by Gasteiger charge is -2.19. The van der Waals surface area contributed by atoms with Crippen molar-refractivity contribution in [2.24, 2.45) is 0 Å². The van der Waals surface area contributed by atoms with Crippen LogP contribution in [0, 0.1) is 0 Å². The molecule has 0 bridgehead atoms. The Morgan fingerprint density at radius 3 is 2.08 bits per heavy atom. The van der Waals surface area contributed by atoms with Crippen LogP contribution in [0.4, 0.5) is 0 Å². The molecule has 0 aliphatic carbocycles. The van der Waals surface area contributed by atoms with E-state index >= 15 is 0 Å². The number of hydrogen-bond donors (Lipinski definition) is 0. The molecular formula is C16H17Br2NO4S. The molecule has 2 aromatic carbocycles. The molecule has 0 amide bonds. The van der Waals surface area contributed by atoms with Crippen molar-refractivity contribution < 1.29 is 17.9 Å². The summed E-state index contributed by atoms with van der Waals surface area (Å²) >= 11 is 6.67. The lowest BCUT2D eigenvalue weighted by atomic mass is 10.2. The first-order valence-electron chi connectivity index (χ1n) is 6.92. The maximum absolute atomic E-state index is 12.9. The highest BCUT2D eigenvalue weighted by molar-refractivity contribution is 9.10. The van der Waals surface area contributed by atoms with Gasteiger partial charge in [0.2, 0.25) is 10.0 Å². The second kappa shape index (κ2) is 7.86. The Kier molecular flexibility index (Phi) is 6.30. The molecule has 0 saturated carbocycles. The third-order valence-electron chi connectivity index (χ3n) is 3.44. The van der Waals surface area contributed by atoms with Crippen LogP contribution in [0.1, 0.15) is 5.56 Å². The average Bonchev–Trinajstić information content (AvgIpc) is 2.56. The first kappa shape index (κ1) is 19.2. The van der Waals surface area contributed by atoms with Crippen LogP contribution in [-0.4, -0.2) is 34.0 Å². The van der Waals surface area contributed by atoms with Gasteiger partial charge in [-0.3, -0.25) is 0 Å². The van der Waals surface area contributed by atoms with Crippen LogP contribution < -0.4 is 9.47 Å². The van der Waals surface area contributed by atoms with Crippen LogP contribution in [0.15, 0.2) is 50.2 Å². The van der Waals surface area contributed by atoms with Crippen molar-refractivity contribution in [2.45, 2.75) is 11.4 Å². The van der Waals surface area contributed by atoms with Crippen LogP contribution in [0.5, 0.6) is 11.5 Å². The topological polar surface area (TPSA) is 55.8 Å². The van der Waals surface area contributed by atoms with Gasteiger partial charge in [0.25, 0.3) is 0 Å². The summed E-state index contributed by atoms with van der Waals surface area (Å²) < 4.78 is 38.8. The zero-order chi connectivity index (χ0) is 17.9. The Balaban J connectivity index is 2.37. The Hall–Kier alpha value is -1.09. The van der Waals surface area contributed by atoms with Crippen molar-refractivity contribution in [3.63, 3.8) is 0 Å². The molecule has 5 nitrogen and oxygen atoms in total. The van der Waals surface area contributed by atoms with Crippen molar-refractivity contribution in [2.75, 3.05) is 21.3 Å². The van der Waals surface area contributed by atoms with Gasteiger partial charge in [-0.15, -0.1) is 0 Å². The molecule has 0 heterocycles. The fourth-order valence-electron chi connectivity index (χ4n) is 2.13. The van der Waals surface area contributed by atoms with Gasteiger partial charge in [-0.1, -0.05) is 28.1 Å². The largest absolute Gasteiger partial charge is 0.493 e. The predicted octanol–water partition coefficient (Wildman–Crippen LogP) is 4.05. The monoisotopic (exact) mass is 477 g/mol. The molecular weight excluding hydrogens is 462 g/mol. The molecule has 0 fully saturated rings. The van der Waals surface area contributed by atoms with Gasteiger partial charge in [0, 0.05) is 28.6 Å². The molecule has 0 unspecified atom stereocenters. The minimum atomic E-state index is -3.70. The summed E-state index contributed by atoms with van der Waals surface area (Å²) in [6.45, 7) is 0.260. The van der Waals surface area contributed by atoms with Crippen molar-refractivity contribution >= 4 is 41.9 Å². The number of hydrogen-bond acceptors (Lipinski definition) is 4. The van der Waals surface area contributed by atoms with Crippen LogP contribution in [0.2, 0.25) is 0 Å². The number of rotatable bonds is 6. The van der Waals surface area contributed by atoms with Gasteiger partial charge in [0.05, 0.1) is 14.2 Å². The molecule has 0 saturated heterocycles. The fourth-order valence-corrected chi connectivity index (χ4v) is 4.55. The van der Waals surface area contributed by atoms with E-state index in [1.54, 1.807) is 13.1 Å². The van der Waals surface area contributed by atoms with E-state index in [0.29, 0.717) is 16.0 Å². The van der Waals surface area contributed by atoms with E-state index in [1.807, 2.05) is 24.3 Å². The first-order valence-corrected chi connectivity index (χ1v) is 9.94. The molecule has 0 atom stereocenters. The van der Waals surface area contributed by atoms with Crippen molar-refractivity contribution in [1.82, 2.24) is 4.31 Å². The molecule has 8 heteroatoms. The van der Waals surface area contributed by atoms with Gasteiger partial charge in [-0.05, 0) is 39.7 Å². The highest BCUT2D eigenvalue weighted by Crippen LogP contribution is 2.36. The van der Waals surface area contributed by atoms with Crippen LogP contribution in [0.3, 0.4) is 0 Å². The highest BCUT2D eigenvalue weighted by Gasteiger charge is 2.25. The van der Waals surface area contributed by atoms with E-state index in [4.69, 9.17) is 9.47 Å². The van der Waals surface area contributed by atoms with E-state index in [-0.39, 0.29) is 11.4 Å².